The van der Waals surface area contributed by atoms with Crippen molar-refractivity contribution in [3.63, 3.8) is 0 Å². The van der Waals surface area contributed by atoms with E-state index in [0.717, 1.165) is 43.9 Å². The quantitative estimate of drug-likeness (QED) is 0.791. The summed E-state index contributed by atoms with van der Waals surface area (Å²) >= 11 is 0. The molecule has 122 valence electrons. The highest BCUT2D eigenvalue weighted by Crippen LogP contribution is 2.22. The standard InChI is InChI=1S/C15H23N3O4/c1-20-8-7-17-5-4-13-12(10-17)16-14(22-13)15(19)18-6-3-11(9-18)21-2/h11H,3-10H2,1-2H3/t11-/m0/s1. The van der Waals surface area contributed by atoms with Gasteiger partial charge in [-0.3, -0.25) is 9.69 Å². The monoisotopic (exact) mass is 309 g/mol. The van der Waals surface area contributed by atoms with Crippen molar-refractivity contribution in [1.29, 1.82) is 0 Å². The van der Waals surface area contributed by atoms with E-state index in [4.69, 9.17) is 13.9 Å². The Balaban J connectivity index is 1.65. The lowest BCUT2D eigenvalue weighted by atomic mass is 10.2. The fourth-order valence-electron chi connectivity index (χ4n) is 3.00. The average Bonchev–Trinajstić information content (AvgIpc) is 3.18. The van der Waals surface area contributed by atoms with Gasteiger partial charge in [-0.15, -0.1) is 0 Å². The van der Waals surface area contributed by atoms with Crippen LogP contribution < -0.4 is 0 Å². The molecule has 1 aromatic heterocycles. The summed E-state index contributed by atoms with van der Waals surface area (Å²) in [6.45, 7) is 4.51. The summed E-state index contributed by atoms with van der Waals surface area (Å²) in [5, 5.41) is 0. The molecule has 1 aromatic rings. The van der Waals surface area contributed by atoms with Crippen LogP contribution in [0, 0.1) is 0 Å². The molecular weight excluding hydrogens is 286 g/mol. The van der Waals surface area contributed by atoms with Crippen LogP contribution in [-0.2, 0) is 22.4 Å². The number of ether oxygens (including phenoxy) is 2. The molecule has 1 saturated heterocycles. The van der Waals surface area contributed by atoms with Crippen LogP contribution in [0.2, 0.25) is 0 Å². The first kappa shape index (κ1) is 15.5. The normalized spacial score (nSPS) is 22.1. The predicted molar refractivity (Wildman–Crippen MR) is 78.7 cm³/mol. The Labute approximate surface area is 130 Å². The largest absolute Gasteiger partial charge is 0.437 e. The Hall–Kier alpha value is -1.44. The van der Waals surface area contributed by atoms with Gasteiger partial charge in [0.25, 0.3) is 5.89 Å². The van der Waals surface area contributed by atoms with E-state index in [9.17, 15) is 4.79 Å². The second kappa shape index (κ2) is 6.76. The number of oxazole rings is 1. The molecule has 2 aliphatic heterocycles. The maximum atomic E-state index is 12.5. The molecule has 0 aliphatic carbocycles. The Morgan fingerprint density at radius 3 is 3.00 bits per heavy atom. The van der Waals surface area contributed by atoms with Crippen molar-refractivity contribution >= 4 is 5.91 Å². The van der Waals surface area contributed by atoms with Crippen molar-refractivity contribution in [1.82, 2.24) is 14.8 Å². The van der Waals surface area contributed by atoms with E-state index in [1.54, 1.807) is 19.1 Å². The first-order chi connectivity index (χ1) is 10.7. The molecule has 1 fully saturated rings. The highest BCUT2D eigenvalue weighted by atomic mass is 16.5. The zero-order chi connectivity index (χ0) is 15.5. The second-order valence-electron chi connectivity index (χ2n) is 5.81. The third-order valence-corrected chi connectivity index (χ3v) is 4.37. The summed E-state index contributed by atoms with van der Waals surface area (Å²) in [5.41, 5.74) is 0.883. The van der Waals surface area contributed by atoms with Crippen molar-refractivity contribution in [2.45, 2.75) is 25.5 Å². The number of methoxy groups -OCH3 is 2. The van der Waals surface area contributed by atoms with E-state index in [-0.39, 0.29) is 17.9 Å². The van der Waals surface area contributed by atoms with E-state index < -0.39 is 0 Å². The Kier molecular flexibility index (Phi) is 4.75. The first-order valence-corrected chi connectivity index (χ1v) is 7.73. The molecule has 7 heteroatoms. The number of aromatic nitrogens is 1. The van der Waals surface area contributed by atoms with Gasteiger partial charge in [0.1, 0.15) is 5.76 Å². The summed E-state index contributed by atoms with van der Waals surface area (Å²) < 4.78 is 16.1. The number of likely N-dealkylation sites (tertiary alicyclic amines) is 1. The molecule has 3 heterocycles. The SMILES string of the molecule is COCCN1CCc2oc(C(=O)N3CC[C@H](OC)C3)nc2C1. The maximum Gasteiger partial charge on any atom is 0.309 e. The van der Waals surface area contributed by atoms with E-state index in [2.05, 4.69) is 9.88 Å². The topological polar surface area (TPSA) is 68.0 Å². The highest BCUT2D eigenvalue weighted by Gasteiger charge is 2.31. The van der Waals surface area contributed by atoms with E-state index in [1.165, 1.54) is 0 Å². The van der Waals surface area contributed by atoms with Gasteiger partial charge in [0.2, 0.25) is 0 Å². The Morgan fingerprint density at radius 2 is 2.27 bits per heavy atom. The van der Waals surface area contributed by atoms with Crippen molar-refractivity contribution in [2.75, 3.05) is 47.0 Å². The minimum atomic E-state index is -0.127. The van der Waals surface area contributed by atoms with Crippen LogP contribution in [0.4, 0.5) is 0 Å². The molecule has 0 N–H and O–H groups in total. The van der Waals surface area contributed by atoms with Gasteiger partial charge in [0.15, 0.2) is 0 Å². The molecule has 0 aromatic carbocycles. The van der Waals surface area contributed by atoms with Crippen molar-refractivity contribution in [2.24, 2.45) is 0 Å². The molecule has 2 aliphatic rings. The van der Waals surface area contributed by atoms with Crippen LogP contribution in [0.1, 0.15) is 28.6 Å². The smallest absolute Gasteiger partial charge is 0.309 e. The fourth-order valence-corrected chi connectivity index (χ4v) is 3.00. The van der Waals surface area contributed by atoms with Gasteiger partial charge in [-0.1, -0.05) is 0 Å². The molecule has 1 atom stereocenters. The van der Waals surface area contributed by atoms with Crippen LogP contribution in [0.25, 0.3) is 0 Å². The lowest BCUT2D eigenvalue weighted by Crippen LogP contribution is -2.33. The summed E-state index contributed by atoms with van der Waals surface area (Å²) in [4.78, 5) is 20.9. The number of rotatable bonds is 5. The van der Waals surface area contributed by atoms with E-state index in [0.29, 0.717) is 19.7 Å². The Bertz CT molecular complexity index is 531. The average molecular weight is 309 g/mol. The van der Waals surface area contributed by atoms with Crippen LogP contribution in [-0.4, -0.2) is 73.8 Å². The summed E-state index contributed by atoms with van der Waals surface area (Å²) in [5.74, 6) is 0.937. The minimum absolute atomic E-state index is 0.123. The van der Waals surface area contributed by atoms with Gasteiger partial charge in [0.05, 0.1) is 18.4 Å². The number of carbonyl (C=O) groups is 1. The predicted octanol–water partition coefficient (Wildman–Crippen LogP) is 0.540. The molecule has 1 amide bonds. The minimum Gasteiger partial charge on any atom is -0.437 e. The lowest BCUT2D eigenvalue weighted by molar-refractivity contribution is 0.0687. The van der Waals surface area contributed by atoms with Crippen molar-refractivity contribution in [3.8, 4) is 0 Å². The van der Waals surface area contributed by atoms with Crippen LogP contribution in [0.3, 0.4) is 0 Å². The number of fused-ring (bicyclic) bond motifs is 1. The van der Waals surface area contributed by atoms with Gasteiger partial charge in [-0.2, -0.15) is 0 Å². The fraction of sp³-hybridized carbons (Fsp3) is 0.733. The summed E-state index contributed by atoms with van der Waals surface area (Å²) in [6, 6.07) is 0. The van der Waals surface area contributed by atoms with Crippen LogP contribution in [0.5, 0.6) is 0 Å². The number of hydrogen-bond donors (Lipinski definition) is 0. The number of amides is 1. The molecule has 0 saturated carbocycles. The van der Waals surface area contributed by atoms with Gasteiger partial charge in [0, 0.05) is 53.4 Å². The number of nitrogens with zero attached hydrogens (tertiary/aromatic N) is 3. The Morgan fingerprint density at radius 1 is 1.41 bits per heavy atom. The molecule has 0 unspecified atom stereocenters. The van der Waals surface area contributed by atoms with Crippen molar-refractivity contribution < 1.29 is 18.7 Å². The molecule has 0 radical (unpaired) electrons. The maximum absolute atomic E-state index is 12.5. The molecule has 3 rings (SSSR count). The summed E-state index contributed by atoms with van der Waals surface area (Å²) in [7, 11) is 3.38. The lowest BCUT2D eigenvalue weighted by Gasteiger charge is -2.24. The van der Waals surface area contributed by atoms with Crippen LogP contribution >= 0.6 is 0 Å². The van der Waals surface area contributed by atoms with Gasteiger partial charge in [-0.25, -0.2) is 4.98 Å². The number of carbonyl (C=O) groups excluding carboxylic acids is 1. The third kappa shape index (κ3) is 3.16. The van der Waals surface area contributed by atoms with Crippen LogP contribution in [0.15, 0.2) is 4.42 Å². The van der Waals surface area contributed by atoms with E-state index >= 15 is 0 Å². The molecule has 0 bridgehead atoms. The van der Waals surface area contributed by atoms with Gasteiger partial charge >= 0.3 is 5.91 Å². The van der Waals surface area contributed by atoms with Crippen molar-refractivity contribution in [3.05, 3.63) is 17.3 Å². The zero-order valence-corrected chi connectivity index (χ0v) is 13.2. The van der Waals surface area contributed by atoms with Gasteiger partial charge in [-0.05, 0) is 6.42 Å². The molecule has 22 heavy (non-hydrogen) atoms. The van der Waals surface area contributed by atoms with E-state index in [1.807, 2.05) is 0 Å². The molecular formula is C15H23N3O4. The molecule has 0 spiro atoms. The molecule has 7 nitrogen and oxygen atoms in total. The number of hydrogen-bond acceptors (Lipinski definition) is 6. The second-order valence-corrected chi connectivity index (χ2v) is 5.81. The zero-order valence-electron chi connectivity index (χ0n) is 13.2. The first-order valence-electron chi connectivity index (χ1n) is 7.73. The summed E-state index contributed by atoms with van der Waals surface area (Å²) in [6.07, 6.45) is 1.78. The van der Waals surface area contributed by atoms with Gasteiger partial charge < -0.3 is 18.8 Å². The highest BCUT2D eigenvalue weighted by molar-refractivity contribution is 5.90. The third-order valence-electron chi connectivity index (χ3n) is 4.37.